The second kappa shape index (κ2) is 9.70. The van der Waals surface area contributed by atoms with Crippen molar-refractivity contribution in [3.63, 3.8) is 0 Å². The quantitative estimate of drug-likeness (QED) is 0.198. The Morgan fingerprint density at radius 2 is 2.31 bits per heavy atom. The van der Waals surface area contributed by atoms with Gasteiger partial charge in [0, 0.05) is 43.8 Å². The van der Waals surface area contributed by atoms with E-state index in [4.69, 9.17) is 10.5 Å². The van der Waals surface area contributed by atoms with Gasteiger partial charge in [-0.15, -0.1) is 0 Å². The van der Waals surface area contributed by atoms with Crippen LogP contribution < -0.4 is 16.4 Å². The van der Waals surface area contributed by atoms with Crippen LogP contribution in [0.15, 0.2) is 47.7 Å². The van der Waals surface area contributed by atoms with E-state index in [0.29, 0.717) is 19.0 Å². The molecule has 4 N–H and O–H groups in total. The molecule has 0 spiro atoms. The first-order valence-electron chi connectivity index (χ1n) is 9.37. The number of allylic oxidation sites excluding steroid dienone is 2. The van der Waals surface area contributed by atoms with Gasteiger partial charge in [0.15, 0.2) is 0 Å². The number of nitrogens with two attached hydrogens (primary N) is 1. The van der Waals surface area contributed by atoms with E-state index in [1.165, 1.54) is 6.08 Å². The Labute approximate surface area is 170 Å². The van der Waals surface area contributed by atoms with E-state index in [0.717, 1.165) is 40.8 Å². The Hall–Kier alpha value is -3.39. The van der Waals surface area contributed by atoms with Gasteiger partial charge in [-0.3, -0.25) is 14.5 Å². The molecule has 0 amide bonds. The molecule has 8 nitrogen and oxygen atoms in total. The maximum atomic E-state index is 10.8. The minimum Gasteiger partial charge on any atom is -0.397 e. The van der Waals surface area contributed by atoms with Gasteiger partial charge in [-0.1, -0.05) is 12.1 Å². The van der Waals surface area contributed by atoms with Gasteiger partial charge in [0.2, 0.25) is 0 Å². The van der Waals surface area contributed by atoms with Gasteiger partial charge in [-0.2, -0.15) is 5.10 Å². The number of aromatic nitrogens is 2. The maximum absolute atomic E-state index is 10.8. The highest BCUT2D eigenvalue weighted by molar-refractivity contribution is 6.10. The second-order valence-corrected chi connectivity index (χ2v) is 6.69. The Balaban J connectivity index is 1.49. The number of hydrogen-bond donors (Lipinski definition) is 3. The van der Waals surface area contributed by atoms with Crippen LogP contribution in [0.25, 0.3) is 11.3 Å². The molecule has 0 aliphatic carbocycles. The summed E-state index contributed by atoms with van der Waals surface area (Å²) < 4.78 is 7.52. The first-order valence-corrected chi connectivity index (χ1v) is 9.37. The van der Waals surface area contributed by atoms with Crippen LogP contribution in [0.4, 0.5) is 11.4 Å². The van der Waals surface area contributed by atoms with Crippen molar-refractivity contribution in [3.05, 3.63) is 53.9 Å². The number of ether oxygens (including phenoxy) is 1. The van der Waals surface area contributed by atoms with Gasteiger partial charge in [0.25, 0.3) is 0 Å². The van der Waals surface area contributed by atoms with Gasteiger partial charge in [-0.05, 0) is 29.7 Å². The summed E-state index contributed by atoms with van der Waals surface area (Å²) in [5.74, 6) is 0. The molecule has 152 valence electrons. The largest absolute Gasteiger partial charge is 0.397 e. The highest BCUT2D eigenvalue weighted by Gasteiger charge is 2.12. The standard InChI is InChI=1S/C21H26N6O2/c1-23-20(7-8-28)15-4-6-19(22)21(9-15)25-14-29-13-18-5-3-16(10-24-18)17-11-26-27(2)12-17/h3-4,6-12,18,23,25H,5,13-14,22H2,1-2H3. The Kier molecular flexibility index (Phi) is 6.80. The highest BCUT2D eigenvalue weighted by Crippen LogP contribution is 2.23. The Morgan fingerprint density at radius 1 is 1.45 bits per heavy atom. The number of nitrogen functional groups attached to an aromatic ring is 1. The summed E-state index contributed by atoms with van der Waals surface area (Å²) in [7, 11) is 3.66. The van der Waals surface area contributed by atoms with Crippen LogP contribution in [0.1, 0.15) is 17.5 Å². The van der Waals surface area contributed by atoms with Gasteiger partial charge < -0.3 is 21.1 Å². The highest BCUT2D eigenvalue weighted by atomic mass is 16.5. The fraction of sp³-hybridized carbons (Fsp3) is 0.286. The van der Waals surface area contributed by atoms with Crippen molar-refractivity contribution in [3.8, 4) is 0 Å². The number of carbonyl (C=O) groups excluding carboxylic acids is 1. The smallest absolute Gasteiger partial charge is 0.144 e. The summed E-state index contributed by atoms with van der Waals surface area (Å²) in [6.07, 6.45) is 10.9. The molecule has 1 aliphatic heterocycles. The molecule has 0 saturated heterocycles. The number of aldehydes is 1. The third-order valence-corrected chi connectivity index (χ3v) is 4.62. The lowest BCUT2D eigenvalue weighted by Gasteiger charge is -2.17. The number of anilines is 2. The maximum Gasteiger partial charge on any atom is 0.144 e. The van der Waals surface area contributed by atoms with Crippen LogP contribution in [0.3, 0.4) is 0 Å². The molecule has 2 heterocycles. The van der Waals surface area contributed by atoms with Crippen molar-refractivity contribution >= 4 is 35.1 Å². The van der Waals surface area contributed by atoms with Crippen LogP contribution >= 0.6 is 0 Å². The average Bonchev–Trinajstić information content (AvgIpc) is 3.17. The zero-order valence-electron chi connectivity index (χ0n) is 16.6. The van der Waals surface area contributed by atoms with E-state index in [1.54, 1.807) is 17.8 Å². The molecule has 1 aromatic heterocycles. The molecule has 29 heavy (non-hydrogen) atoms. The predicted molar refractivity (Wildman–Crippen MR) is 116 cm³/mol. The molecule has 0 bridgehead atoms. The molecular formula is C21H26N6O2. The first-order chi connectivity index (χ1) is 14.1. The number of aliphatic imine (C=N–C) groups is 1. The molecule has 3 rings (SSSR count). The SMILES string of the molecule is CNC(=CC=O)c1ccc(N)c(NCOCC2CC=C(c3cnn(C)c3)C=N2)c1. The minimum atomic E-state index is 0.0901. The van der Waals surface area contributed by atoms with E-state index < -0.39 is 0 Å². The molecule has 0 saturated carbocycles. The van der Waals surface area contributed by atoms with E-state index >= 15 is 0 Å². The number of benzene rings is 1. The molecule has 2 aromatic rings. The summed E-state index contributed by atoms with van der Waals surface area (Å²) in [6.45, 7) is 0.817. The van der Waals surface area contributed by atoms with Crippen molar-refractivity contribution in [2.75, 3.05) is 31.4 Å². The van der Waals surface area contributed by atoms with Crippen LogP contribution in [0.5, 0.6) is 0 Å². The van der Waals surface area contributed by atoms with Crippen LogP contribution in [0.2, 0.25) is 0 Å². The fourth-order valence-corrected chi connectivity index (χ4v) is 3.03. The van der Waals surface area contributed by atoms with E-state index in [1.807, 2.05) is 37.8 Å². The molecule has 0 fully saturated rings. The number of rotatable bonds is 9. The molecule has 1 atom stereocenters. The van der Waals surface area contributed by atoms with Crippen molar-refractivity contribution in [2.45, 2.75) is 12.5 Å². The van der Waals surface area contributed by atoms with Crippen molar-refractivity contribution in [1.82, 2.24) is 15.1 Å². The van der Waals surface area contributed by atoms with Crippen LogP contribution in [-0.2, 0) is 16.6 Å². The zero-order chi connectivity index (χ0) is 20.6. The molecule has 0 radical (unpaired) electrons. The van der Waals surface area contributed by atoms with Gasteiger partial charge >= 0.3 is 0 Å². The number of carbonyl (C=O) groups is 1. The fourth-order valence-electron chi connectivity index (χ4n) is 3.03. The third-order valence-electron chi connectivity index (χ3n) is 4.62. The normalized spacial score (nSPS) is 16.4. The number of nitrogens with zero attached hydrogens (tertiary/aromatic N) is 3. The topological polar surface area (TPSA) is 107 Å². The molecular weight excluding hydrogens is 368 g/mol. The summed E-state index contributed by atoms with van der Waals surface area (Å²) >= 11 is 0. The third kappa shape index (κ3) is 5.32. The Morgan fingerprint density at radius 3 is 2.97 bits per heavy atom. The summed E-state index contributed by atoms with van der Waals surface area (Å²) in [5.41, 5.74) is 11.1. The number of nitrogens with one attached hydrogen (secondary N) is 2. The van der Waals surface area contributed by atoms with Gasteiger partial charge in [0.1, 0.15) is 13.0 Å². The van der Waals surface area contributed by atoms with E-state index in [9.17, 15) is 4.79 Å². The zero-order valence-corrected chi connectivity index (χ0v) is 16.6. The molecule has 8 heteroatoms. The molecule has 1 unspecified atom stereocenters. The summed E-state index contributed by atoms with van der Waals surface area (Å²) in [4.78, 5) is 15.3. The minimum absolute atomic E-state index is 0.0901. The van der Waals surface area contributed by atoms with Gasteiger partial charge in [0.05, 0.1) is 30.2 Å². The van der Waals surface area contributed by atoms with Crippen LogP contribution in [0, 0.1) is 0 Å². The van der Waals surface area contributed by atoms with Crippen molar-refractivity contribution < 1.29 is 9.53 Å². The van der Waals surface area contributed by atoms with Crippen LogP contribution in [-0.4, -0.2) is 48.7 Å². The number of hydrogen-bond acceptors (Lipinski definition) is 7. The number of aryl methyl sites for hydroxylation is 1. The van der Waals surface area contributed by atoms with Crippen molar-refractivity contribution in [2.24, 2.45) is 12.0 Å². The lowest BCUT2D eigenvalue weighted by Crippen LogP contribution is -2.19. The molecule has 1 aliphatic rings. The lowest BCUT2D eigenvalue weighted by atomic mass is 10.0. The second-order valence-electron chi connectivity index (χ2n) is 6.69. The van der Waals surface area contributed by atoms with E-state index in [2.05, 4.69) is 26.8 Å². The first kappa shape index (κ1) is 20.3. The lowest BCUT2D eigenvalue weighted by molar-refractivity contribution is -0.104. The predicted octanol–water partition coefficient (Wildman–Crippen LogP) is 2.07. The molecule has 1 aromatic carbocycles. The summed E-state index contributed by atoms with van der Waals surface area (Å²) in [5, 5.41) is 10.4. The monoisotopic (exact) mass is 394 g/mol. The van der Waals surface area contributed by atoms with Gasteiger partial charge in [-0.25, -0.2) is 0 Å². The average molecular weight is 394 g/mol. The number of dihydropyridines is 1. The summed E-state index contributed by atoms with van der Waals surface area (Å²) in [6, 6.07) is 5.62. The van der Waals surface area contributed by atoms with Crippen molar-refractivity contribution in [1.29, 1.82) is 0 Å². The van der Waals surface area contributed by atoms with E-state index in [-0.39, 0.29) is 6.04 Å². The Bertz CT molecular complexity index is 944.